The van der Waals surface area contributed by atoms with Crippen molar-refractivity contribution in [3.05, 3.63) is 97.2 Å². The molecule has 362 valence electrons. The van der Waals surface area contributed by atoms with Gasteiger partial charge in [-0.2, -0.15) is 0 Å². The first-order valence-electron chi connectivity index (χ1n) is 25.1. The number of aliphatic hydroxyl groups is 1. The number of rotatable bonds is 44. The van der Waals surface area contributed by atoms with Crippen molar-refractivity contribution in [1.29, 1.82) is 0 Å². The van der Waals surface area contributed by atoms with Crippen molar-refractivity contribution in [2.24, 2.45) is 0 Å². The summed E-state index contributed by atoms with van der Waals surface area (Å²) >= 11 is 0. The Hall–Kier alpha value is -2.58. The number of phosphoric acid groups is 1. The highest BCUT2D eigenvalue weighted by atomic mass is 31.2. The van der Waals surface area contributed by atoms with Crippen LogP contribution in [0, 0.1) is 0 Å². The zero-order valence-corrected chi connectivity index (χ0v) is 41.9. The lowest BCUT2D eigenvalue weighted by Crippen LogP contribution is -2.45. The first-order chi connectivity index (χ1) is 30.5. The highest BCUT2D eigenvalue weighted by Gasteiger charge is 2.23. The molecular weight excluding hydrogens is 804 g/mol. The number of quaternary nitrogens is 1. The van der Waals surface area contributed by atoms with Crippen molar-refractivity contribution in [2.75, 3.05) is 40.9 Å². The first kappa shape index (κ1) is 60.4. The largest absolute Gasteiger partial charge is 0.756 e. The van der Waals surface area contributed by atoms with E-state index in [0.717, 1.165) is 89.9 Å². The highest BCUT2D eigenvalue weighted by Crippen LogP contribution is 2.38. The molecule has 0 aromatic rings. The topological polar surface area (TPSA) is 108 Å². The summed E-state index contributed by atoms with van der Waals surface area (Å²) in [4.78, 5) is 25.4. The van der Waals surface area contributed by atoms with Gasteiger partial charge in [-0.3, -0.25) is 9.36 Å². The normalized spacial score (nSPS) is 15.0. The average Bonchev–Trinajstić information content (AvgIpc) is 3.24. The van der Waals surface area contributed by atoms with Crippen LogP contribution in [-0.4, -0.2) is 68.5 Å². The van der Waals surface area contributed by atoms with Crippen molar-refractivity contribution in [1.82, 2.24) is 5.32 Å². The molecule has 2 N–H and O–H groups in total. The van der Waals surface area contributed by atoms with Gasteiger partial charge in [-0.25, -0.2) is 0 Å². The molecule has 63 heavy (non-hydrogen) atoms. The van der Waals surface area contributed by atoms with Gasteiger partial charge in [0.15, 0.2) is 0 Å². The molecule has 1 amide bonds. The van der Waals surface area contributed by atoms with E-state index in [4.69, 9.17) is 9.05 Å². The van der Waals surface area contributed by atoms with E-state index in [9.17, 15) is 19.4 Å². The first-order valence-corrected chi connectivity index (χ1v) is 26.6. The maximum absolute atomic E-state index is 12.9. The summed E-state index contributed by atoms with van der Waals surface area (Å²) < 4.78 is 23.2. The highest BCUT2D eigenvalue weighted by molar-refractivity contribution is 7.45. The summed E-state index contributed by atoms with van der Waals surface area (Å²) in [5, 5.41) is 13.8. The molecule has 9 heteroatoms. The minimum atomic E-state index is -4.61. The number of hydrogen-bond donors (Lipinski definition) is 2. The Balaban J connectivity index is 4.38. The van der Waals surface area contributed by atoms with E-state index in [1.54, 1.807) is 6.08 Å². The van der Waals surface area contributed by atoms with Gasteiger partial charge in [0.1, 0.15) is 13.2 Å². The molecule has 8 nitrogen and oxygen atoms in total. The lowest BCUT2D eigenvalue weighted by molar-refractivity contribution is -0.870. The third kappa shape index (κ3) is 47.2. The molecule has 0 aliphatic rings. The van der Waals surface area contributed by atoms with E-state index in [0.29, 0.717) is 17.4 Å². The second-order valence-electron chi connectivity index (χ2n) is 17.8. The molecule has 0 aliphatic carbocycles. The number of aliphatic hydroxyl groups excluding tert-OH is 1. The smallest absolute Gasteiger partial charge is 0.268 e. The van der Waals surface area contributed by atoms with Crippen LogP contribution < -0.4 is 10.2 Å². The number of unbranched alkanes of at least 4 members (excludes halogenated alkanes) is 17. The predicted octanol–water partition coefficient (Wildman–Crippen LogP) is 14.1. The lowest BCUT2D eigenvalue weighted by atomic mass is 10.1. The van der Waals surface area contributed by atoms with Crippen molar-refractivity contribution in [2.45, 2.75) is 199 Å². The van der Waals surface area contributed by atoms with Crippen molar-refractivity contribution in [3.8, 4) is 0 Å². The van der Waals surface area contributed by atoms with Crippen LogP contribution in [0.2, 0.25) is 0 Å². The fourth-order valence-electron chi connectivity index (χ4n) is 6.56. The molecule has 0 spiro atoms. The minimum Gasteiger partial charge on any atom is -0.756 e. The minimum absolute atomic E-state index is 0.0153. The summed E-state index contributed by atoms with van der Waals surface area (Å²) in [6.07, 6.45) is 63.2. The van der Waals surface area contributed by atoms with Crippen LogP contribution in [0.15, 0.2) is 97.2 Å². The third-order valence-corrected chi connectivity index (χ3v) is 11.5. The van der Waals surface area contributed by atoms with Gasteiger partial charge < -0.3 is 28.8 Å². The predicted molar refractivity (Wildman–Crippen MR) is 269 cm³/mol. The fourth-order valence-corrected chi connectivity index (χ4v) is 7.29. The Morgan fingerprint density at radius 2 is 0.984 bits per heavy atom. The maximum atomic E-state index is 12.9. The summed E-state index contributed by atoms with van der Waals surface area (Å²) in [5.74, 6) is -0.223. The Bertz CT molecular complexity index is 1340. The molecule has 0 rings (SSSR count). The summed E-state index contributed by atoms with van der Waals surface area (Å²) in [6.45, 7) is 4.47. The number of nitrogens with zero attached hydrogens (tertiary/aromatic N) is 1. The molecule has 0 saturated heterocycles. The Morgan fingerprint density at radius 3 is 1.48 bits per heavy atom. The number of allylic oxidation sites excluding steroid dienone is 15. The van der Waals surface area contributed by atoms with E-state index in [2.05, 4.69) is 104 Å². The van der Waals surface area contributed by atoms with Crippen molar-refractivity contribution >= 4 is 13.7 Å². The summed E-state index contributed by atoms with van der Waals surface area (Å²) in [7, 11) is 1.21. The molecule has 0 saturated carbocycles. The van der Waals surface area contributed by atoms with Gasteiger partial charge in [0.2, 0.25) is 5.91 Å². The van der Waals surface area contributed by atoms with E-state index in [-0.39, 0.29) is 12.5 Å². The van der Waals surface area contributed by atoms with Gasteiger partial charge in [-0.15, -0.1) is 0 Å². The molecule has 0 aromatic carbocycles. The third-order valence-electron chi connectivity index (χ3n) is 10.5. The second-order valence-corrected chi connectivity index (χ2v) is 19.2. The molecule has 0 bridgehead atoms. The lowest BCUT2D eigenvalue weighted by Gasteiger charge is -2.29. The van der Waals surface area contributed by atoms with E-state index < -0.39 is 26.6 Å². The quantitative estimate of drug-likeness (QED) is 0.0273. The molecule has 0 aromatic heterocycles. The number of phosphoric ester groups is 1. The standard InChI is InChI=1S/C54H95N2O6P/c1-6-8-10-12-14-16-18-20-22-24-25-26-27-28-29-30-31-32-34-36-38-40-42-44-46-48-54(58)55-52(51-62-63(59,60)61-50-49-56(3,4)5)53(57)47-45-43-41-39-37-35-33-23-21-19-17-15-13-11-9-7-2/h8,10,14,16,20-23,25-26,28-29,37,39,45,47,52-53,57H,6-7,9,11-13,15,17-19,24,27,30-36,38,40-44,46,48-51H2,1-5H3,(H-,55,58,59,60)/b10-8-,16-14-,22-20-,23-21+,26-25-,29-28-,39-37+,47-45+. The number of carbonyl (C=O) groups is 1. The summed E-state index contributed by atoms with van der Waals surface area (Å²) in [6, 6.07) is -0.919. The van der Waals surface area contributed by atoms with Gasteiger partial charge in [0.25, 0.3) is 7.82 Å². The number of nitrogens with one attached hydrogen (secondary N) is 1. The van der Waals surface area contributed by atoms with Crippen LogP contribution in [0.25, 0.3) is 0 Å². The van der Waals surface area contributed by atoms with Crippen LogP contribution in [0.5, 0.6) is 0 Å². The van der Waals surface area contributed by atoms with Gasteiger partial charge in [0.05, 0.1) is 39.9 Å². The van der Waals surface area contributed by atoms with Crippen LogP contribution >= 0.6 is 7.82 Å². The van der Waals surface area contributed by atoms with Crippen molar-refractivity contribution < 1.29 is 32.9 Å². The molecule has 3 unspecified atom stereocenters. The van der Waals surface area contributed by atoms with Gasteiger partial charge >= 0.3 is 0 Å². The van der Waals surface area contributed by atoms with Crippen molar-refractivity contribution in [3.63, 3.8) is 0 Å². The summed E-state index contributed by atoms with van der Waals surface area (Å²) in [5.41, 5.74) is 0. The number of likely N-dealkylation sites (N-methyl/N-ethyl adjacent to an activating group) is 1. The SMILES string of the molecule is CC/C=C\C/C=C\C/C=C\C/C=C\C/C=C\CCCCCCCCCCCC(=O)NC(COP(=O)([O-])OCC[N+](C)(C)C)C(O)/C=C/CC/C=C/CC/C=C/CCCCCCCC. The van der Waals surface area contributed by atoms with Crippen LogP contribution in [-0.2, 0) is 18.4 Å². The zero-order chi connectivity index (χ0) is 46.4. The van der Waals surface area contributed by atoms with E-state index >= 15 is 0 Å². The van der Waals surface area contributed by atoms with E-state index in [1.807, 2.05) is 27.2 Å². The van der Waals surface area contributed by atoms with Gasteiger partial charge in [0, 0.05) is 6.42 Å². The molecule has 0 heterocycles. The molecule has 3 atom stereocenters. The van der Waals surface area contributed by atoms with Gasteiger partial charge in [-0.05, 0) is 89.9 Å². The van der Waals surface area contributed by atoms with Crippen LogP contribution in [0.1, 0.15) is 187 Å². The molecule has 0 aliphatic heterocycles. The molecule has 0 radical (unpaired) electrons. The van der Waals surface area contributed by atoms with Crippen LogP contribution in [0.3, 0.4) is 0 Å². The molecule has 0 fully saturated rings. The van der Waals surface area contributed by atoms with E-state index in [1.165, 1.54) is 77.0 Å². The number of carbonyl (C=O) groups excluding carboxylic acids is 1. The Morgan fingerprint density at radius 1 is 0.571 bits per heavy atom. The van der Waals surface area contributed by atoms with Gasteiger partial charge in [-0.1, -0.05) is 188 Å². The maximum Gasteiger partial charge on any atom is 0.268 e. The number of amides is 1. The number of hydrogen-bond acceptors (Lipinski definition) is 6. The monoisotopic (exact) mass is 899 g/mol. The fraction of sp³-hybridized carbons (Fsp3) is 0.685. The second kappa shape index (κ2) is 44.6. The molecular formula is C54H95N2O6P. The Labute approximate surface area is 388 Å². The van der Waals surface area contributed by atoms with Crippen LogP contribution in [0.4, 0.5) is 0 Å². The average molecular weight is 899 g/mol. The Kier molecular flexibility index (Phi) is 42.8. The zero-order valence-electron chi connectivity index (χ0n) is 41.0.